The van der Waals surface area contributed by atoms with Gasteiger partial charge >= 0.3 is 0 Å². The summed E-state index contributed by atoms with van der Waals surface area (Å²) in [6.07, 6.45) is 1.42. The summed E-state index contributed by atoms with van der Waals surface area (Å²) in [6, 6.07) is 6.30. The predicted octanol–water partition coefficient (Wildman–Crippen LogP) is 1.55. The largest absolute Gasteiger partial charge is 0.368 e. The van der Waals surface area contributed by atoms with E-state index >= 15 is 0 Å². The molecule has 10 heteroatoms. The van der Waals surface area contributed by atoms with Gasteiger partial charge in [0, 0.05) is 30.4 Å². The fraction of sp³-hybridized carbons (Fsp3) is 0.350. The van der Waals surface area contributed by atoms with Gasteiger partial charge in [-0.15, -0.1) is 0 Å². The Morgan fingerprint density at radius 1 is 1.17 bits per heavy atom. The van der Waals surface area contributed by atoms with Crippen molar-refractivity contribution in [2.45, 2.75) is 26.8 Å². The van der Waals surface area contributed by atoms with Crippen LogP contribution in [0.5, 0.6) is 0 Å². The van der Waals surface area contributed by atoms with E-state index in [1.54, 1.807) is 4.52 Å². The number of benzene rings is 1. The van der Waals surface area contributed by atoms with Crippen LogP contribution >= 0.6 is 0 Å². The minimum Gasteiger partial charge on any atom is -0.368 e. The molecular weight excluding hydrogens is 389 g/mol. The number of nitrogens with zero attached hydrogens (tertiary/aromatic N) is 4. The highest BCUT2D eigenvalue weighted by atomic mass is 19.1. The zero-order chi connectivity index (χ0) is 21.7. The maximum Gasteiger partial charge on any atom is 0.254 e. The van der Waals surface area contributed by atoms with Crippen molar-refractivity contribution in [3.05, 3.63) is 53.7 Å². The second-order valence-corrected chi connectivity index (χ2v) is 7.17. The summed E-state index contributed by atoms with van der Waals surface area (Å²) in [5.41, 5.74) is 1.09. The van der Waals surface area contributed by atoms with Gasteiger partial charge in [0.05, 0.1) is 0 Å². The summed E-state index contributed by atoms with van der Waals surface area (Å²) in [5.74, 6) is -0.0641. The Labute approximate surface area is 173 Å². The third-order valence-electron chi connectivity index (χ3n) is 4.45. The number of fused-ring (bicyclic) bond motifs is 1. The lowest BCUT2D eigenvalue weighted by Gasteiger charge is -2.22. The van der Waals surface area contributed by atoms with Crippen LogP contribution in [0.15, 0.2) is 36.7 Å². The predicted molar refractivity (Wildman–Crippen MR) is 110 cm³/mol. The quantitative estimate of drug-likeness (QED) is 0.483. The molecule has 0 aliphatic heterocycles. The summed E-state index contributed by atoms with van der Waals surface area (Å²) < 4.78 is 14.6. The molecule has 0 saturated heterocycles. The maximum absolute atomic E-state index is 13.0. The number of hydrogen-bond donors (Lipinski definition) is 3. The molecule has 0 fully saturated rings. The first-order valence-electron chi connectivity index (χ1n) is 9.60. The van der Waals surface area contributed by atoms with E-state index in [0.29, 0.717) is 30.2 Å². The van der Waals surface area contributed by atoms with E-state index in [-0.39, 0.29) is 11.8 Å². The molecule has 2 heterocycles. The lowest BCUT2D eigenvalue weighted by molar-refractivity contribution is -0.123. The van der Waals surface area contributed by atoms with Crippen molar-refractivity contribution in [1.29, 1.82) is 0 Å². The number of rotatable bonds is 8. The molecule has 1 atom stereocenters. The number of anilines is 1. The summed E-state index contributed by atoms with van der Waals surface area (Å²) in [4.78, 5) is 33.3. The Balaban J connectivity index is 1.54. The molecule has 0 bridgehead atoms. The average Bonchev–Trinajstić information content (AvgIpc) is 3.17. The van der Waals surface area contributed by atoms with Crippen molar-refractivity contribution in [2.75, 3.05) is 18.4 Å². The van der Waals surface area contributed by atoms with Gasteiger partial charge in [0.1, 0.15) is 24.0 Å². The zero-order valence-corrected chi connectivity index (χ0v) is 17.0. The molecule has 1 aromatic carbocycles. The summed E-state index contributed by atoms with van der Waals surface area (Å²) in [7, 11) is 0. The van der Waals surface area contributed by atoms with E-state index in [9.17, 15) is 14.0 Å². The van der Waals surface area contributed by atoms with Crippen molar-refractivity contribution < 1.29 is 14.0 Å². The smallest absolute Gasteiger partial charge is 0.254 e. The summed E-state index contributed by atoms with van der Waals surface area (Å²) in [5, 5.41) is 12.8. The highest BCUT2D eigenvalue weighted by molar-refractivity contribution is 5.97. The molecule has 0 aliphatic rings. The Kier molecular flexibility index (Phi) is 6.55. The second kappa shape index (κ2) is 9.29. The number of hydrogen-bond acceptors (Lipinski definition) is 6. The lowest BCUT2D eigenvalue weighted by atomic mass is 10.0. The molecule has 0 spiro atoms. The average molecular weight is 413 g/mol. The van der Waals surface area contributed by atoms with Crippen LogP contribution in [0, 0.1) is 18.7 Å². The van der Waals surface area contributed by atoms with Crippen LogP contribution in [0.4, 0.5) is 10.2 Å². The van der Waals surface area contributed by atoms with Crippen LogP contribution in [-0.2, 0) is 4.79 Å². The summed E-state index contributed by atoms with van der Waals surface area (Å²) in [6.45, 7) is 6.33. The number of aromatic nitrogens is 4. The number of carbonyl (C=O) groups excluding carboxylic acids is 2. The normalized spacial score (nSPS) is 12.0. The van der Waals surface area contributed by atoms with Crippen LogP contribution in [0.2, 0.25) is 0 Å². The molecule has 2 aromatic heterocycles. The molecule has 3 aromatic rings. The van der Waals surface area contributed by atoms with Gasteiger partial charge in [-0.2, -0.15) is 14.6 Å². The number of carbonyl (C=O) groups is 2. The van der Waals surface area contributed by atoms with Gasteiger partial charge in [-0.05, 0) is 37.1 Å². The molecular formula is C20H24FN7O2. The second-order valence-electron chi connectivity index (χ2n) is 7.17. The molecule has 1 unspecified atom stereocenters. The molecule has 0 radical (unpaired) electrons. The van der Waals surface area contributed by atoms with Gasteiger partial charge in [0.2, 0.25) is 5.91 Å². The van der Waals surface area contributed by atoms with Gasteiger partial charge in [0.15, 0.2) is 0 Å². The van der Waals surface area contributed by atoms with Crippen LogP contribution < -0.4 is 16.0 Å². The van der Waals surface area contributed by atoms with Crippen LogP contribution in [0.25, 0.3) is 5.78 Å². The van der Waals surface area contributed by atoms with Gasteiger partial charge in [-0.1, -0.05) is 13.8 Å². The molecule has 158 valence electrons. The minimum absolute atomic E-state index is 0.125. The number of amides is 2. The molecule has 30 heavy (non-hydrogen) atoms. The van der Waals surface area contributed by atoms with E-state index < -0.39 is 17.8 Å². The zero-order valence-electron chi connectivity index (χ0n) is 17.0. The first-order chi connectivity index (χ1) is 14.3. The van der Waals surface area contributed by atoms with E-state index in [0.717, 1.165) is 5.69 Å². The first kappa shape index (κ1) is 21.2. The Hall–Kier alpha value is -3.56. The fourth-order valence-corrected chi connectivity index (χ4v) is 2.90. The highest BCUT2D eigenvalue weighted by Crippen LogP contribution is 2.10. The molecule has 0 aliphatic carbocycles. The van der Waals surface area contributed by atoms with Gasteiger partial charge in [0.25, 0.3) is 11.7 Å². The number of aryl methyl sites for hydroxylation is 1. The highest BCUT2D eigenvalue weighted by Gasteiger charge is 2.24. The topological polar surface area (TPSA) is 113 Å². The van der Waals surface area contributed by atoms with Gasteiger partial charge in [-0.3, -0.25) is 9.59 Å². The van der Waals surface area contributed by atoms with E-state index in [1.807, 2.05) is 26.8 Å². The van der Waals surface area contributed by atoms with Crippen molar-refractivity contribution in [3.63, 3.8) is 0 Å². The van der Waals surface area contributed by atoms with Crippen LogP contribution in [-0.4, -0.2) is 50.5 Å². The van der Waals surface area contributed by atoms with Crippen LogP contribution in [0.1, 0.15) is 29.9 Å². The molecule has 3 rings (SSSR count). The first-order valence-corrected chi connectivity index (χ1v) is 9.60. The van der Waals surface area contributed by atoms with Crippen molar-refractivity contribution in [2.24, 2.45) is 5.92 Å². The molecule has 9 nitrogen and oxygen atoms in total. The Morgan fingerprint density at radius 2 is 1.90 bits per heavy atom. The lowest BCUT2D eigenvalue weighted by Crippen LogP contribution is -2.50. The Morgan fingerprint density at radius 3 is 2.60 bits per heavy atom. The van der Waals surface area contributed by atoms with Crippen LogP contribution in [0.3, 0.4) is 0 Å². The van der Waals surface area contributed by atoms with Crippen molar-refractivity contribution >= 4 is 23.4 Å². The molecule has 3 N–H and O–H groups in total. The van der Waals surface area contributed by atoms with Crippen molar-refractivity contribution in [1.82, 2.24) is 30.2 Å². The van der Waals surface area contributed by atoms with Gasteiger partial charge in [-0.25, -0.2) is 9.37 Å². The minimum atomic E-state index is -0.715. The number of nitrogens with one attached hydrogen (secondary N) is 3. The third-order valence-corrected chi connectivity index (χ3v) is 4.45. The monoisotopic (exact) mass is 413 g/mol. The maximum atomic E-state index is 13.0. The Bertz CT molecular complexity index is 1030. The van der Waals surface area contributed by atoms with Crippen molar-refractivity contribution in [3.8, 4) is 0 Å². The molecule has 0 saturated carbocycles. The van der Waals surface area contributed by atoms with E-state index in [1.165, 1.54) is 30.6 Å². The van der Waals surface area contributed by atoms with Gasteiger partial charge < -0.3 is 16.0 Å². The number of halogens is 1. The third kappa shape index (κ3) is 5.07. The van der Waals surface area contributed by atoms with E-state index in [2.05, 4.69) is 31.0 Å². The standard InChI is InChI=1S/C20H24FN7O2/c1-12(2)17(27-18(29)14-4-6-15(21)7-5-14)19(30)23-9-8-22-16-10-13(3)26-20-24-11-25-28(16)20/h4-7,10-12,17,22H,8-9H2,1-3H3,(H,23,30)(H,27,29). The van der Waals surface area contributed by atoms with E-state index in [4.69, 9.17) is 0 Å². The summed E-state index contributed by atoms with van der Waals surface area (Å²) >= 11 is 0. The SMILES string of the molecule is Cc1cc(NCCNC(=O)C(NC(=O)c2ccc(F)cc2)C(C)C)n2ncnc2n1. The fourth-order valence-electron chi connectivity index (χ4n) is 2.90. The molecule has 2 amide bonds.